The third-order valence-corrected chi connectivity index (χ3v) is 6.67. The first kappa shape index (κ1) is 23.7. The van der Waals surface area contributed by atoms with Crippen LogP contribution in [0.1, 0.15) is 40.6 Å². The molecule has 1 amide bonds. The maximum absolute atomic E-state index is 12.5. The summed E-state index contributed by atoms with van der Waals surface area (Å²) in [5.41, 5.74) is 1.56. The number of nitrogens with zero attached hydrogens (tertiary/aromatic N) is 3. The minimum Gasteiger partial charge on any atom is -0.494 e. The van der Waals surface area contributed by atoms with Crippen LogP contribution in [-0.2, 0) is 0 Å². The zero-order valence-electron chi connectivity index (χ0n) is 18.4. The zero-order valence-corrected chi connectivity index (χ0v) is 20.0. The van der Waals surface area contributed by atoms with Crippen molar-refractivity contribution >= 4 is 39.9 Å². The molecule has 1 N–H and O–H groups in total. The molecule has 4 aromatic rings. The van der Waals surface area contributed by atoms with Gasteiger partial charge in [0.15, 0.2) is 21.6 Å². The van der Waals surface area contributed by atoms with Gasteiger partial charge in [0.25, 0.3) is 5.91 Å². The summed E-state index contributed by atoms with van der Waals surface area (Å²) in [6.45, 7) is 2.79. The molecule has 0 fully saturated rings. The van der Waals surface area contributed by atoms with Crippen molar-refractivity contribution in [2.45, 2.75) is 24.1 Å². The summed E-state index contributed by atoms with van der Waals surface area (Å²) >= 11 is 2.47. The molecule has 0 spiro atoms. The van der Waals surface area contributed by atoms with Crippen molar-refractivity contribution in [3.63, 3.8) is 0 Å². The molecule has 0 aliphatic heterocycles. The number of thioether (sulfide) groups is 1. The number of ketones is 1. The Labute approximate surface area is 204 Å². The molecule has 34 heavy (non-hydrogen) atoms. The number of aromatic nitrogens is 3. The first-order valence-electron chi connectivity index (χ1n) is 10.7. The van der Waals surface area contributed by atoms with E-state index in [1.165, 1.54) is 23.1 Å². The molecule has 174 valence electrons. The van der Waals surface area contributed by atoms with Gasteiger partial charge >= 0.3 is 0 Å². The summed E-state index contributed by atoms with van der Waals surface area (Å²) in [4.78, 5) is 24.8. The van der Waals surface area contributed by atoms with Crippen LogP contribution in [0.15, 0.2) is 69.5 Å². The highest BCUT2D eigenvalue weighted by atomic mass is 32.2. The van der Waals surface area contributed by atoms with Gasteiger partial charge in [-0.05, 0) is 30.7 Å². The van der Waals surface area contributed by atoms with Gasteiger partial charge < -0.3 is 9.26 Å². The highest BCUT2D eigenvalue weighted by Crippen LogP contribution is 2.27. The van der Waals surface area contributed by atoms with Gasteiger partial charge in [-0.15, -0.1) is 10.2 Å². The Morgan fingerprint density at radius 3 is 2.65 bits per heavy atom. The van der Waals surface area contributed by atoms with E-state index in [1.807, 2.05) is 42.5 Å². The smallest absolute Gasteiger partial charge is 0.279 e. The third kappa shape index (κ3) is 6.30. The van der Waals surface area contributed by atoms with Crippen LogP contribution < -0.4 is 10.1 Å². The summed E-state index contributed by atoms with van der Waals surface area (Å²) in [7, 11) is 0. The number of benzene rings is 2. The molecule has 0 aliphatic carbocycles. The lowest BCUT2D eigenvalue weighted by atomic mass is 10.1. The predicted octanol–water partition coefficient (Wildman–Crippen LogP) is 5.60. The lowest BCUT2D eigenvalue weighted by molar-refractivity contribution is 0.101. The topological polar surface area (TPSA) is 107 Å². The van der Waals surface area contributed by atoms with Gasteiger partial charge in [0.05, 0.1) is 12.4 Å². The van der Waals surface area contributed by atoms with Gasteiger partial charge in [0.2, 0.25) is 5.13 Å². The first-order valence-corrected chi connectivity index (χ1v) is 12.5. The molecule has 0 saturated carbocycles. The molecule has 0 saturated heterocycles. The van der Waals surface area contributed by atoms with Crippen LogP contribution >= 0.6 is 23.1 Å². The number of hydrogen-bond acceptors (Lipinski definition) is 9. The Balaban J connectivity index is 1.31. The van der Waals surface area contributed by atoms with Crippen LogP contribution in [0.4, 0.5) is 5.13 Å². The van der Waals surface area contributed by atoms with E-state index in [-0.39, 0.29) is 17.2 Å². The Hall–Kier alpha value is -3.50. The van der Waals surface area contributed by atoms with E-state index in [9.17, 15) is 9.59 Å². The summed E-state index contributed by atoms with van der Waals surface area (Å²) < 4.78 is 11.6. The standard InChI is InChI=1S/C24H22N4O4S2/c1-2-3-13-31-18-11-9-17(10-12-18)21-14-19(28-32-21)22(30)25-23-26-27-24(34-23)33-15-20(29)16-7-5-4-6-8-16/h4-12,14H,2-3,13,15H2,1H3,(H,25,26,30). The van der Waals surface area contributed by atoms with Crippen molar-refractivity contribution < 1.29 is 18.8 Å². The van der Waals surface area contributed by atoms with Crippen LogP contribution in [0, 0.1) is 0 Å². The van der Waals surface area contributed by atoms with Crippen molar-refractivity contribution in [1.82, 2.24) is 15.4 Å². The first-order chi connectivity index (χ1) is 16.6. The van der Waals surface area contributed by atoms with Crippen molar-refractivity contribution in [1.29, 1.82) is 0 Å². The SMILES string of the molecule is CCCCOc1ccc(-c2cc(C(=O)Nc3nnc(SCC(=O)c4ccccc4)s3)no2)cc1. The van der Waals surface area contributed by atoms with E-state index < -0.39 is 5.91 Å². The average Bonchev–Trinajstić information content (AvgIpc) is 3.54. The summed E-state index contributed by atoms with van der Waals surface area (Å²) in [5.74, 6) is 1.04. The highest BCUT2D eigenvalue weighted by molar-refractivity contribution is 8.01. The number of unbranched alkanes of at least 4 members (excludes halogenated alkanes) is 1. The Kier molecular flexibility index (Phi) is 8.05. The molecule has 2 aromatic carbocycles. The van der Waals surface area contributed by atoms with Gasteiger partial charge in [-0.25, -0.2) is 0 Å². The molecule has 0 aliphatic rings. The predicted molar refractivity (Wildman–Crippen MR) is 132 cm³/mol. The van der Waals surface area contributed by atoms with Gasteiger partial charge in [0.1, 0.15) is 5.75 Å². The lowest BCUT2D eigenvalue weighted by Crippen LogP contribution is -2.11. The van der Waals surface area contributed by atoms with Crippen molar-refractivity contribution in [2.75, 3.05) is 17.7 Å². The second kappa shape index (κ2) is 11.6. The lowest BCUT2D eigenvalue weighted by Gasteiger charge is -2.05. The van der Waals surface area contributed by atoms with Crippen molar-refractivity contribution in [3.8, 4) is 17.1 Å². The normalized spacial score (nSPS) is 10.7. The van der Waals surface area contributed by atoms with Crippen LogP contribution in [0.25, 0.3) is 11.3 Å². The number of carbonyl (C=O) groups excluding carboxylic acids is 2. The summed E-state index contributed by atoms with van der Waals surface area (Å²) in [6, 6.07) is 18.1. The second-order valence-corrected chi connectivity index (χ2v) is 9.41. The number of carbonyl (C=O) groups is 2. The van der Waals surface area contributed by atoms with Crippen LogP contribution in [-0.4, -0.2) is 39.4 Å². The summed E-state index contributed by atoms with van der Waals surface area (Å²) in [5, 5.41) is 14.8. The molecule has 0 atom stereocenters. The molecule has 0 radical (unpaired) electrons. The van der Waals surface area contributed by atoms with Gasteiger partial charge in [-0.3, -0.25) is 14.9 Å². The molecular weight excluding hydrogens is 472 g/mol. The largest absolute Gasteiger partial charge is 0.494 e. The fraction of sp³-hybridized carbons (Fsp3) is 0.208. The Bertz CT molecular complexity index is 1240. The van der Waals surface area contributed by atoms with E-state index >= 15 is 0 Å². The van der Waals surface area contributed by atoms with Gasteiger partial charge in [-0.2, -0.15) is 0 Å². The number of anilines is 1. The van der Waals surface area contributed by atoms with Gasteiger partial charge in [-0.1, -0.05) is 71.9 Å². The number of rotatable bonds is 11. The highest BCUT2D eigenvalue weighted by Gasteiger charge is 2.17. The number of amides is 1. The Morgan fingerprint density at radius 2 is 1.88 bits per heavy atom. The van der Waals surface area contributed by atoms with Crippen LogP contribution in [0.5, 0.6) is 5.75 Å². The van der Waals surface area contributed by atoms with E-state index in [0.717, 1.165) is 24.2 Å². The molecule has 2 aromatic heterocycles. The van der Waals surface area contributed by atoms with E-state index in [0.29, 0.717) is 27.4 Å². The number of hydrogen-bond donors (Lipinski definition) is 1. The number of ether oxygens (including phenoxy) is 1. The molecule has 8 nitrogen and oxygen atoms in total. The van der Waals surface area contributed by atoms with E-state index in [4.69, 9.17) is 9.26 Å². The fourth-order valence-electron chi connectivity index (χ4n) is 2.88. The van der Waals surface area contributed by atoms with Gasteiger partial charge in [0, 0.05) is 17.2 Å². The van der Waals surface area contributed by atoms with Crippen LogP contribution in [0.3, 0.4) is 0 Å². The maximum atomic E-state index is 12.5. The van der Waals surface area contributed by atoms with Crippen LogP contribution in [0.2, 0.25) is 0 Å². The molecule has 0 unspecified atom stereocenters. The van der Waals surface area contributed by atoms with Crippen molar-refractivity contribution in [3.05, 3.63) is 71.9 Å². The van der Waals surface area contributed by atoms with E-state index in [2.05, 4.69) is 27.6 Å². The van der Waals surface area contributed by atoms with Crippen molar-refractivity contribution in [2.24, 2.45) is 0 Å². The minimum atomic E-state index is -0.456. The maximum Gasteiger partial charge on any atom is 0.279 e. The number of Topliss-reactive ketones (excluding diaryl/α,β-unsaturated/α-hetero) is 1. The quantitative estimate of drug-likeness (QED) is 0.124. The van der Waals surface area contributed by atoms with E-state index in [1.54, 1.807) is 18.2 Å². The average molecular weight is 495 g/mol. The molecule has 10 heteroatoms. The minimum absolute atomic E-state index is 0.00191. The fourth-order valence-corrected chi connectivity index (χ4v) is 4.52. The molecule has 0 bridgehead atoms. The number of nitrogens with one attached hydrogen (secondary N) is 1. The molecular formula is C24H22N4O4S2. The molecule has 4 rings (SSSR count). The second-order valence-electron chi connectivity index (χ2n) is 7.21. The zero-order chi connectivity index (χ0) is 23.8. The Morgan fingerprint density at radius 1 is 1.09 bits per heavy atom. The molecule has 2 heterocycles. The summed E-state index contributed by atoms with van der Waals surface area (Å²) in [6.07, 6.45) is 2.08. The third-order valence-electron chi connectivity index (χ3n) is 4.70. The monoisotopic (exact) mass is 494 g/mol.